The number of aliphatic hydroxyl groups excluding tert-OH is 1. The van der Waals surface area contributed by atoms with Crippen molar-refractivity contribution in [1.29, 1.82) is 0 Å². The van der Waals surface area contributed by atoms with Crippen LogP contribution in [0.4, 0.5) is 0 Å². The van der Waals surface area contributed by atoms with Gasteiger partial charge in [0.15, 0.2) is 0 Å². The fourth-order valence-electron chi connectivity index (χ4n) is 3.32. The minimum absolute atomic E-state index is 0.189. The summed E-state index contributed by atoms with van der Waals surface area (Å²) in [5.41, 5.74) is 1.94. The van der Waals surface area contributed by atoms with Crippen molar-refractivity contribution in [2.24, 2.45) is 0 Å². The number of aryl methyl sites for hydroxylation is 1. The topological polar surface area (TPSA) is 32.7 Å². The monoisotopic (exact) mass is 261 g/mol. The lowest BCUT2D eigenvalue weighted by atomic mass is 9.87. The molecule has 1 unspecified atom stereocenters. The fraction of sp³-hybridized carbons (Fsp3) is 0.625. The van der Waals surface area contributed by atoms with Gasteiger partial charge in [0.2, 0.25) is 0 Å². The Labute approximate surface area is 115 Å². The van der Waals surface area contributed by atoms with Crippen molar-refractivity contribution in [3.63, 3.8) is 0 Å². The third kappa shape index (κ3) is 2.26. The summed E-state index contributed by atoms with van der Waals surface area (Å²) in [6.07, 6.45) is 1.33. The van der Waals surface area contributed by atoms with Crippen LogP contribution in [0.25, 0.3) is 0 Å². The summed E-state index contributed by atoms with van der Waals surface area (Å²) < 4.78 is 6.28. The van der Waals surface area contributed by atoms with E-state index < -0.39 is 6.10 Å². The molecule has 104 valence electrons. The summed E-state index contributed by atoms with van der Waals surface area (Å²) >= 11 is 0. The van der Waals surface area contributed by atoms with Crippen molar-refractivity contribution in [2.75, 3.05) is 13.1 Å². The lowest BCUT2D eigenvalue weighted by Crippen LogP contribution is -2.44. The molecule has 2 heterocycles. The second-order valence-corrected chi connectivity index (χ2v) is 6.36. The maximum atomic E-state index is 10.4. The quantitative estimate of drug-likeness (QED) is 0.843. The Morgan fingerprint density at radius 2 is 2.21 bits per heavy atom. The number of hydrogen-bond acceptors (Lipinski definition) is 3. The van der Waals surface area contributed by atoms with Crippen molar-refractivity contribution in [3.05, 3.63) is 29.3 Å². The van der Waals surface area contributed by atoms with E-state index in [1.54, 1.807) is 0 Å². The van der Waals surface area contributed by atoms with E-state index in [1.165, 1.54) is 5.56 Å². The standard InChI is InChI=1S/C16H23NO2/c1-11(2)17-7-6-16(10-17)9-14(18)13-8-12(3)4-5-15(13)19-16/h4-5,8,11,14,18H,6-7,9-10H2,1-3H3/t14-,16?/m0/s1. The number of rotatable bonds is 1. The van der Waals surface area contributed by atoms with Crippen molar-refractivity contribution in [3.8, 4) is 5.75 Å². The molecule has 3 rings (SSSR count). The molecule has 1 spiro atoms. The maximum Gasteiger partial charge on any atom is 0.126 e. The molecule has 3 nitrogen and oxygen atoms in total. The highest BCUT2D eigenvalue weighted by atomic mass is 16.5. The van der Waals surface area contributed by atoms with E-state index in [9.17, 15) is 5.11 Å². The second-order valence-electron chi connectivity index (χ2n) is 6.36. The number of aliphatic hydroxyl groups is 1. The van der Waals surface area contributed by atoms with Gasteiger partial charge >= 0.3 is 0 Å². The first-order valence-electron chi connectivity index (χ1n) is 7.21. The molecule has 19 heavy (non-hydrogen) atoms. The molecule has 1 fully saturated rings. The lowest BCUT2D eigenvalue weighted by Gasteiger charge is -2.38. The van der Waals surface area contributed by atoms with Gasteiger partial charge in [0.1, 0.15) is 11.4 Å². The van der Waals surface area contributed by atoms with E-state index in [0.29, 0.717) is 12.5 Å². The van der Waals surface area contributed by atoms with Gasteiger partial charge in [0.05, 0.1) is 6.10 Å². The van der Waals surface area contributed by atoms with Gasteiger partial charge in [-0.3, -0.25) is 4.90 Å². The molecule has 0 aliphatic carbocycles. The van der Waals surface area contributed by atoms with Gasteiger partial charge in [-0.05, 0) is 32.9 Å². The van der Waals surface area contributed by atoms with E-state index in [4.69, 9.17) is 4.74 Å². The highest BCUT2D eigenvalue weighted by Gasteiger charge is 2.46. The first kappa shape index (κ1) is 12.9. The normalized spacial score (nSPS) is 30.7. The molecule has 1 aromatic rings. The molecule has 0 amide bonds. The van der Waals surface area contributed by atoms with E-state index in [0.717, 1.165) is 30.8 Å². The first-order chi connectivity index (χ1) is 8.99. The number of likely N-dealkylation sites (tertiary alicyclic amines) is 1. The van der Waals surface area contributed by atoms with E-state index >= 15 is 0 Å². The fourth-order valence-corrected chi connectivity index (χ4v) is 3.32. The van der Waals surface area contributed by atoms with Gasteiger partial charge in [0.25, 0.3) is 0 Å². The summed E-state index contributed by atoms with van der Waals surface area (Å²) in [6.45, 7) is 8.47. The van der Waals surface area contributed by atoms with Gasteiger partial charge in [-0.25, -0.2) is 0 Å². The first-order valence-corrected chi connectivity index (χ1v) is 7.21. The largest absolute Gasteiger partial charge is 0.485 e. The number of benzene rings is 1. The SMILES string of the molecule is Cc1ccc2c(c1)[C@@H](O)CC1(CCN(C(C)C)C1)O2. The van der Waals surface area contributed by atoms with Crippen LogP contribution in [0.1, 0.15) is 43.9 Å². The maximum absolute atomic E-state index is 10.4. The van der Waals surface area contributed by atoms with E-state index in [-0.39, 0.29) is 5.60 Å². The molecule has 1 N–H and O–H groups in total. The van der Waals surface area contributed by atoms with Crippen molar-refractivity contribution < 1.29 is 9.84 Å². The molecule has 2 aliphatic rings. The molecular weight excluding hydrogens is 238 g/mol. The van der Waals surface area contributed by atoms with Gasteiger partial charge in [-0.2, -0.15) is 0 Å². The Hall–Kier alpha value is -1.06. The van der Waals surface area contributed by atoms with Gasteiger partial charge < -0.3 is 9.84 Å². The zero-order chi connectivity index (χ0) is 13.6. The van der Waals surface area contributed by atoms with Crippen LogP contribution in [0, 0.1) is 6.92 Å². The van der Waals surface area contributed by atoms with E-state index in [2.05, 4.69) is 24.8 Å². The minimum Gasteiger partial charge on any atom is -0.485 e. The Morgan fingerprint density at radius 1 is 1.42 bits per heavy atom. The summed E-state index contributed by atoms with van der Waals surface area (Å²) in [7, 11) is 0. The van der Waals surface area contributed by atoms with Crippen molar-refractivity contribution >= 4 is 0 Å². The Balaban J connectivity index is 1.87. The van der Waals surface area contributed by atoms with Gasteiger partial charge in [-0.1, -0.05) is 11.6 Å². The molecule has 0 radical (unpaired) electrons. The van der Waals surface area contributed by atoms with Crippen LogP contribution in [-0.2, 0) is 0 Å². The Kier molecular flexibility index (Phi) is 3.06. The molecule has 0 saturated carbocycles. The van der Waals surface area contributed by atoms with Crippen LogP contribution >= 0.6 is 0 Å². The van der Waals surface area contributed by atoms with Crippen LogP contribution in [0.3, 0.4) is 0 Å². The molecule has 0 aromatic heterocycles. The second kappa shape index (κ2) is 4.50. The van der Waals surface area contributed by atoms with Crippen LogP contribution in [-0.4, -0.2) is 34.7 Å². The summed E-state index contributed by atoms with van der Waals surface area (Å²) in [4.78, 5) is 2.44. The van der Waals surface area contributed by atoms with Crippen molar-refractivity contribution in [1.82, 2.24) is 4.90 Å². The lowest BCUT2D eigenvalue weighted by molar-refractivity contribution is -0.00892. The van der Waals surface area contributed by atoms with Crippen LogP contribution in [0.15, 0.2) is 18.2 Å². The third-order valence-electron chi connectivity index (χ3n) is 4.49. The van der Waals surface area contributed by atoms with Crippen LogP contribution < -0.4 is 4.74 Å². The van der Waals surface area contributed by atoms with Crippen molar-refractivity contribution in [2.45, 2.75) is 51.4 Å². The summed E-state index contributed by atoms with van der Waals surface area (Å²) in [6, 6.07) is 6.65. The van der Waals surface area contributed by atoms with Crippen LogP contribution in [0.5, 0.6) is 5.75 Å². The number of fused-ring (bicyclic) bond motifs is 1. The molecular formula is C16H23NO2. The zero-order valence-corrected chi connectivity index (χ0v) is 12.0. The van der Waals surface area contributed by atoms with Gasteiger partial charge in [-0.15, -0.1) is 0 Å². The molecule has 2 aliphatic heterocycles. The molecule has 3 heteroatoms. The molecule has 2 atom stereocenters. The minimum atomic E-state index is -0.393. The average molecular weight is 261 g/mol. The number of ether oxygens (including phenoxy) is 1. The predicted molar refractivity (Wildman–Crippen MR) is 75.4 cm³/mol. The summed E-state index contributed by atoms with van der Waals surface area (Å²) in [5.74, 6) is 0.870. The number of hydrogen-bond donors (Lipinski definition) is 1. The highest BCUT2D eigenvalue weighted by Crippen LogP contribution is 2.44. The third-order valence-corrected chi connectivity index (χ3v) is 4.49. The van der Waals surface area contributed by atoms with Crippen LogP contribution in [0.2, 0.25) is 0 Å². The van der Waals surface area contributed by atoms with E-state index in [1.807, 2.05) is 19.1 Å². The highest BCUT2D eigenvalue weighted by molar-refractivity contribution is 5.41. The zero-order valence-electron chi connectivity index (χ0n) is 12.0. The smallest absolute Gasteiger partial charge is 0.126 e. The Morgan fingerprint density at radius 3 is 2.89 bits per heavy atom. The Bertz CT molecular complexity index is 486. The predicted octanol–water partition coefficient (Wildman–Crippen LogP) is 2.66. The number of nitrogens with zero attached hydrogens (tertiary/aromatic N) is 1. The molecule has 1 aromatic carbocycles. The van der Waals surface area contributed by atoms with Gasteiger partial charge in [0, 0.05) is 37.5 Å². The molecule has 0 bridgehead atoms. The summed E-state index contributed by atoms with van der Waals surface area (Å²) in [5, 5.41) is 10.4. The average Bonchev–Trinajstić information content (AvgIpc) is 2.74. The molecule has 1 saturated heterocycles.